The highest BCUT2D eigenvalue weighted by Gasteiger charge is 2.12. The van der Waals surface area contributed by atoms with Gasteiger partial charge in [0.15, 0.2) is 0 Å². The third-order valence-electron chi connectivity index (χ3n) is 5.25. The van der Waals surface area contributed by atoms with Gasteiger partial charge < -0.3 is 25.0 Å². The van der Waals surface area contributed by atoms with Gasteiger partial charge in [-0.2, -0.15) is 0 Å². The Morgan fingerprint density at radius 2 is 1.76 bits per heavy atom. The molecule has 4 N–H and O–H groups in total. The molecule has 0 fully saturated rings. The van der Waals surface area contributed by atoms with E-state index in [1.54, 1.807) is 36.4 Å². The molecule has 1 aromatic heterocycles. The van der Waals surface area contributed by atoms with Crippen molar-refractivity contribution in [1.29, 1.82) is 0 Å². The average molecular weight is 527 g/mol. The average Bonchev–Trinajstić information content (AvgIpc) is 2.86. The quantitative estimate of drug-likeness (QED) is 0.285. The molecule has 11 heteroatoms. The van der Waals surface area contributed by atoms with Crippen LogP contribution in [0.4, 0.5) is 16.2 Å². The summed E-state index contributed by atoms with van der Waals surface area (Å²) < 4.78 is 11.7. The van der Waals surface area contributed by atoms with Crippen molar-refractivity contribution in [3.05, 3.63) is 70.5 Å². The molecule has 0 bridgehead atoms. The van der Waals surface area contributed by atoms with Gasteiger partial charge >= 0.3 is 6.03 Å². The van der Waals surface area contributed by atoms with Crippen molar-refractivity contribution < 1.29 is 19.1 Å². The second kappa shape index (κ2) is 12.8. The molecular weight excluding hydrogens is 496 g/mol. The van der Waals surface area contributed by atoms with E-state index in [4.69, 9.17) is 21.1 Å². The molecule has 0 aliphatic carbocycles. The van der Waals surface area contributed by atoms with Crippen molar-refractivity contribution >= 4 is 34.9 Å². The van der Waals surface area contributed by atoms with Crippen molar-refractivity contribution in [2.24, 2.45) is 0 Å². The van der Waals surface area contributed by atoms with Gasteiger partial charge in [0, 0.05) is 43.0 Å². The van der Waals surface area contributed by atoms with Crippen LogP contribution in [0.25, 0.3) is 0 Å². The molecule has 0 unspecified atom stereocenters. The topological polar surface area (TPSA) is 117 Å². The number of aryl methyl sites for hydroxylation is 2. The molecule has 0 atom stereocenters. The van der Waals surface area contributed by atoms with Gasteiger partial charge in [0.2, 0.25) is 0 Å². The number of anilines is 2. The molecule has 0 saturated heterocycles. The van der Waals surface area contributed by atoms with Gasteiger partial charge in [-0.05, 0) is 57.3 Å². The first kappa shape index (κ1) is 27.6. The summed E-state index contributed by atoms with van der Waals surface area (Å²) in [7, 11) is 5.43. The van der Waals surface area contributed by atoms with E-state index >= 15 is 0 Å². The van der Waals surface area contributed by atoms with Crippen molar-refractivity contribution in [3.8, 4) is 17.2 Å². The first-order valence-corrected chi connectivity index (χ1v) is 11.9. The SMILES string of the molecule is CNC(=O)c1cc(Oc2ccc(C)c(NNC(=O)Nc3cc(C)c(Cl)cc3OCCN(C)C)c2)ccn1. The van der Waals surface area contributed by atoms with E-state index in [1.807, 2.05) is 38.9 Å². The molecule has 2 aromatic carbocycles. The molecule has 0 aliphatic rings. The van der Waals surface area contributed by atoms with Gasteiger partial charge in [0.05, 0.1) is 11.4 Å². The smallest absolute Gasteiger partial charge is 0.337 e. The van der Waals surface area contributed by atoms with Crippen LogP contribution in [-0.2, 0) is 0 Å². The molecular formula is C26H31ClN6O4. The molecule has 196 valence electrons. The highest BCUT2D eigenvalue weighted by atomic mass is 35.5. The van der Waals surface area contributed by atoms with Crippen LogP contribution >= 0.6 is 11.6 Å². The summed E-state index contributed by atoms with van der Waals surface area (Å²) in [5.41, 5.74) is 8.59. The van der Waals surface area contributed by atoms with Gasteiger partial charge in [0.1, 0.15) is 29.5 Å². The summed E-state index contributed by atoms with van der Waals surface area (Å²) >= 11 is 6.26. The maximum Gasteiger partial charge on any atom is 0.337 e. The van der Waals surface area contributed by atoms with Gasteiger partial charge in [-0.3, -0.25) is 20.6 Å². The number of ether oxygens (including phenoxy) is 2. The molecule has 0 spiro atoms. The Morgan fingerprint density at radius 1 is 1.00 bits per heavy atom. The van der Waals surface area contributed by atoms with Gasteiger partial charge in [0.25, 0.3) is 5.91 Å². The lowest BCUT2D eigenvalue weighted by Crippen LogP contribution is -2.34. The number of pyridine rings is 1. The fraction of sp³-hybridized carbons (Fsp3) is 0.269. The number of hydrogen-bond acceptors (Lipinski definition) is 7. The maximum absolute atomic E-state index is 12.7. The monoisotopic (exact) mass is 526 g/mol. The molecule has 10 nitrogen and oxygen atoms in total. The van der Waals surface area contributed by atoms with E-state index in [0.29, 0.717) is 46.8 Å². The van der Waals surface area contributed by atoms with E-state index in [9.17, 15) is 9.59 Å². The number of rotatable bonds is 10. The molecule has 0 saturated carbocycles. The number of hydrazine groups is 1. The number of likely N-dealkylation sites (N-methyl/N-ethyl adjacent to an activating group) is 1. The Balaban J connectivity index is 1.66. The Bertz CT molecular complexity index is 1270. The van der Waals surface area contributed by atoms with Crippen LogP contribution in [0.15, 0.2) is 48.7 Å². The third kappa shape index (κ3) is 7.99. The van der Waals surface area contributed by atoms with Gasteiger partial charge in [-0.15, -0.1) is 0 Å². The third-order valence-corrected chi connectivity index (χ3v) is 5.66. The largest absolute Gasteiger partial charge is 0.490 e. The fourth-order valence-corrected chi connectivity index (χ4v) is 3.31. The summed E-state index contributed by atoms with van der Waals surface area (Å²) in [5.74, 6) is 1.13. The molecule has 37 heavy (non-hydrogen) atoms. The number of aromatic nitrogens is 1. The van der Waals surface area contributed by atoms with Crippen LogP contribution in [0, 0.1) is 13.8 Å². The van der Waals surface area contributed by atoms with Crippen LogP contribution < -0.4 is 31.0 Å². The Hall–Kier alpha value is -4.02. The van der Waals surface area contributed by atoms with Crippen LogP contribution in [0.3, 0.4) is 0 Å². The number of hydrogen-bond donors (Lipinski definition) is 4. The number of amides is 3. The van der Waals surface area contributed by atoms with Crippen molar-refractivity contribution in [2.45, 2.75) is 13.8 Å². The highest BCUT2D eigenvalue weighted by Crippen LogP contribution is 2.31. The fourth-order valence-electron chi connectivity index (χ4n) is 3.16. The number of benzene rings is 2. The molecule has 3 rings (SSSR count). The van der Waals surface area contributed by atoms with E-state index < -0.39 is 6.03 Å². The predicted molar refractivity (Wildman–Crippen MR) is 145 cm³/mol. The van der Waals surface area contributed by atoms with Crippen LogP contribution in [0.5, 0.6) is 17.2 Å². The Morgan fingerprint density at radius 3 is 2.49 bits per heavy atom. The van der Waals surface area contributed by atoms with Crippen molar-refractivity contribution in [3.63, 3.8) is 0 Å². The van der Waals surface area contributed by atoms with E-state index in [0.717, 1.165) is 11.1 Å². The second-order valence-corrected chi connectivity index (χ2v) is 8.90. The number of carbonyl (C=O) groups excluding carboxylic acids is 2. The summed E-state index contributed by atoms with van der Waals surface area (Å²) in [6.07, 6.45) is 1.50. The van der Waals surface area contributed by atoms with E-state index in [-0.39, 0.29) is 11.6 Å². The first-order valence-electron chi connectivity index (χ1n) is 11.5. The summed E-state index contributed by atoms with van der Waals surface area (Å²) in [5, 5.41) is 5.87. The maximum atomic E-state index is 12.7. The Kier molecular flexibility index (Phi) is 9.53. The molecule has 0 aliphatic heterocycles. The van der Waals surface area contributed by atoms with E-state index in [2.05, 4.69) is 26.5 Å². The number of urea groups is 1. The minimum Gasteiger partial charge on any atom is -0.490 e. The predicted octanol–water partition coefficient (Wildman–Crippen LogP) is 4.59. The van der Waals surface area contributed by atoms with Crippen LogP contribution in [0.2, 0.25) is 5.02 Å². The molecule has 3 amide bonds. The molecule has 3 aromatic rings. The zero-order chi connectivity index (χ0) is 26.9. The lowest BCUT2D eigenvalue weighted by atomic mass is 10.2. The zero-order valence-corrected chi connectivity index (χ0v) is 22.2. The number of carbonyl (C=O) groups is 2. The number of nitrogens with one attached hydrogen (secondary N) is 4. The minimum atomic E-state index is -0.491. The van der Waals surface area contributed by atoms with Crippen LogP contribution in [0.1, 0.15) is 21.6 Å². The normalized spacial score (nSPS) is 10.6. The Labute approximate surface area is 221 Å². The lowest BCUT2D eigenvalue weighted by molar-refractivity contribution is 0.0957. The zero-order valence-electron chi connectivity index (χ0n) is 21.4. The number of nitrogens with zero attached hydrogens (tertiary/aromatic N) is 2. The molecule has 1 heterocycles. The summed E-state index contributed by atoms with van der Waals surface area (Å²) in [4.78, 5) is 30.5. The van der Waals surface area contributed by atoms with E-state index in [1.165, 1.54) is 13.2 Å². The van der Waals surface area contributed by atoms with Gasteiger partial charge in [-0.25, -0.2) is 4.79 Å². The highest BCUT2D eigenvalue weighted by molar-refractivity contribution is 6.31. The molecule has 0 radical (unpaired) electrons. The first-order chi connectivity index (χ1) is 17.7. The van der Waals surface area contributed by atoms with Crippen molar-refractivity contribution in [1.82, 2.24) is 20.6 Å². The van der Waals surface area contributed by atoms with Gasteiger partial charge in [-0.1, -0.05) is 17.7 Å². The minimum absolute atomic E-state index is 0.242. The van der Waals surface area contributed by atoms with Crippen molar-refractivity contribution in [2.75, 3.05) is 45.0 Å². The standard InChI is InChI=1S/C26H31ClN6O4/c1-16-6-7-18(37-19-8-9-29-23(14-19)25(34)28-3)13-21(16)31-32-26(35)30-22-12-17(2)20(27)15-24(22)36-11-10-33(4)5/h6-9,12-15,31H,10-11H2,1-5H3,(H,28,34)(H2,30,32,35). The summed E-state index contributed by atoms with van der Waals surface area (Å²) in [6, 6.07) is 11.5. The lowest BCUT2D eigenvalue weighted by Gasteiger charge is -2.17. The summed E-state index contributed by atoms with van der Waals surface area (Å²) in [6.45, 7) is 4.89. The van der Waals surface area contributed by atoms with Crippen LogP contribution in [-0.4, -0.2) is 56.1 Å². The number of halogens is 1. The second-order valence-electron chi connectivity index (χ2n) is 8.49.